The summed E-state index contributed by atoms with van der Waals surface area (Å²) < 4.78 is 10.4. The largest absolute Gasteiger partial charge is 0.478 e. The van der Waals surface area contributed by atoms with E-state index in [4.69, 9.17) is 16.3 Å². The molecule has 0 unspecified atom stereocenters. The van der Waals surface area contributed by atoms with E-state index in [2.05, 4.69) is 15.0 Å². The number of rotatable bonds is 5. The van der Waals surface area contributed by atoms with Crippen molar-refractivity contribution in [3.8, 4) is 5.75 Å². The van der Waals surface area contributed by atoms with Crippen molar-refractivity contribution in [1.82, 2.24) is 4.98 Å². The summed E-state index contributed by atoms with van der Waals surface area (Å²) in [5.41, 5.74) is -0.641. The first kappa shape index (κ1) is 18.2. The van der Waals surface area contributed by atoms with Gasteiger partial charge in [0, 0.05) is 5.02 Å². The Hall–Kier alpha value is -2.12. The Labute approximate surface area is 148 Å². The molecule has 1 amide bonds. The predicted molar refractivity (Wildman–Crippen MR) is 93.0 cm³/mol. The molecule has 0 radical (unpaired) electrons. The summed E-state index contributed by atoms with van der Waals surface area (Å²) in [6, 6.07) is 6.72. The highest BCUT2D eigenvalue weighted by Gasteiger charge is 2.31. The van der Waals surface area contributed by atoms with Gasteiger partial charge in [-0.1, -0.05) is 22.9 Å². The van der Waals surface area contributed by atoms with Crippen LogP contribution in [0.1, 0.15) is 29.2 Å². The van der Waals surface area contributed by atoms with E-state index >= 15 is 0 Å². The number of methoxy groups -OCH3 is 1. The lowest BCUT2D eigenvalue weighted by molar-refractivity contribution is -0.128. The summed E-state index contributed by atoms with van der Waals surface area (Å²) in [5, 5.41) is 3.56. The van der Waals surface area contributed by atoms with Gasteiger partial charge in [-0.3, -0.25) is 10.1 Å². The summed E-state index contributed by atoms with van der Waals surface area (Å²) in [5.74, 6) is -0.352. The second kappa shape index (κ2) is 7.19. The quantitative estimate of drug-likeness (QED) is 0.814. The van der Waals surface area contributed by atoms with E-state index < -0.39 is 11.6 Å². The topological polar surface area (TPSA) is 77.5 Å². The number of hydrogen-bond acceptors (Lipinski definition) is 6. The van der Waals surface area contributed by atoms with E-state index in [-0.39, 0.29) is 5.91 Å². The number of aromatic nitrogens is 1. The third kappa shape index (κ3) is 4.24. The van der Waals surface area contributed by atoms with Crippen LogP contribution in [0.25, 0.3) is 0 Å². The highest BCUT2D eigenvalue weighted by Crippen LogP contribution is 2.26. The summed E-state index contributed by atoms with van der Waals surface area (Å²) in [6.45, 7) is 4.95. The number of aryl methyl sites for hydroxylation is 1. The molecule has 2 rings (SSSR count). The van der Waals surface area contributed by atoms with Crippen molar-refractivity contribution >= 4 is 39.9 Å². The first-order valence-electron chi connectivity index (χ1n) is 7.04. The molecule has 0 saturated carbocycles. The van der Waals surface area contributed by atoms with Gasteiger partial charge in [0.15, 0.2) is 10.7 Å². The first-order chi connectivity index (χ1) is 11.2. The van der Waals surface area contributed by atoms with E-state index in [9.17, 15) is 9.59 Å². The molecular formula is C16H17ClN2O4S. The normalized spacial score (nSPS) is 11.0. The Balaban J connectivity index is 2.10. The molecule has 0 aliphatic carbocycles. The molecule has 1 aromatic heterocycles. The van der Waals surface area contributed by atoms with E-state index in [1.165, 1.54) is 7.11 Å². The number of carbonyl (C=O) groups excluding carboxylic acids is 2. The third-order valence-electron chi connectivity index (χ3n) is 3.12. The van der Waals surface area contributed by atoms with Crippen LogP contribution in [0.2, 0.25) is 5.02 Å². The van der Waals surface area contributed by atoms with Crippen LogP contribution in [0.4, 0.5) is 5.13 Å². The van der Waals surface area contributed by atoms with Crippen LogP contribution >= 0.6 is 22.9 Å². The number of thiazole rings is 1. The van der Waals surface area contributed by atoms with Crippen molar-refractivity contribution in [1.29, 1.82) is 0 Å². The van der Waals surface area contributed by atoms with E-state index in [1.54, 1.807) is 45.0 Å². The van der Waals surface area contributed by atoms with Crippen molar-refractivity contribution in [3.05, 3.63) is 39.9 Å². The van der Waals surface area contributed by atoms with Gasteiger partial charge in [0.2, 0.25) is 0 Å². The second-order valence-electron chi connectivity index (χ2n) is 5.45. The van der Waals surface area contributed by atoms with Crippen molar-refractivity contribution in [2.24, 2.45) is 0 Å². The molecule has 8 heteroatoms. The number of nitrogens with zero attached hydrogens (tertiary/aromatic N) is 1. The lowest BCUT2D eigenvalue weighted by Crippen LogP contribution is -2.42. The highest BCUT2D eigenvalue weighted by atomic mass is 35.5. The monoisotopic (exact) mass is 368 g/mol. The molecule has 0 aliphatic rings. The zero-order chi connectivity index (χ0) is 17.9. The molecule has 0 aliphatic heterocycles. The van der Waals surface area contributed by atoms with Gasteiger partial charge >= 0.3 is 5.97 Å². The van der Waals surface area contributed by atoms with Crippen LogP contribution in [0.3, 0.4) is 0 Å². The molecule has 6 nitrogen and oxygen atoms in total. The zero-order valence-corrected chi connectivity index (χ0v) is 15.2. The summed E-state index contributed by atoms with van der Waals surface area (Å²) in [6.07, 6.45) is 0. The van der Waals surface area contributed by atoms with Gasteiger partial charge in [0.1, 0.15) is 10.6 Å². The van der Waals surface area contributed by atoms with Crippen molar-refractivity contribution < 1.29 is 19.1 Å². The number of anilines is 1. The van der Waals surface area contributed by atoms with Crippen LogP contribution in [0, 0.1) is 6.92 Å². The third-order valence-corrected chi connectivity index (χ3v) is 4.43. The van der Waals surface area contributed by atoms with Crippen LogP contribution in [-0.4, -0.2) is 29.6 Å². The van der Waals surface area contributed by atoms with Crippen molar-refractivity contribution in [2.75, 3.05) is 12.4 Å². The lowest BCUT2D eigenvalue weighted by atomic mass is 10.1. The fraction of sp³-hybridized carbons (Fsp3) is 0.312. The van der Waals surface area contributed by atoms with Crippen LogP contribution < -0.4 is 10.1 Å². The molecule has 0 fully saturated rings. The highest BCUT2D eigenvalue weighted by molar-refractivity contribution is 7.17. The average molecular weight is 369 g/mol. The maximum Gasteiger partial charge on any atom is 0.350 e. The van der Waals surface area contributed by atoms with Gasteiger partial charge in [0.25, 0.3) is 5.91 Å². The number of hydrogen-bond donors (Lipinski definition) is 1. The number of ether oxygens (including phenoxy) is 2. The summed E-state index contributed by atoms with van der Waals surface area (Å²) in [4.78, 5) is 28.6. The number of amides is 1. The minimum atomic E-state index is -1.14. The van der Waals surface area contributed by atoms with Gasteiger partial charge in [-0.2, -0.15) is 0 Å². The van der Waals surface area contributed by atoms with Crippen LogP contribution in [0.15, 0.2) is 24.3 Å². The van der Waals surface area contributed by atoms with Gasteiger partial charge in [0.05, 0.1) is 12.8 Å². The smallest absolute Gasteiger partial charge is 0.350 e. The first-order valence-corrected chi connectivity index (χ1v) is 8.24. The summed E-state index contributed by atoms with van der Waals surface area (Å²) in [7, 11) is 1.29. The maximum atomic E-state index is 12.5. The molecule has 1 heterocycles. The van der Waals surface area contributed by atoms with Gasteiger partial charge in [-0.15, -0.1) is 0 Å². The second-order valence-corrected chi connectivity index (χ2v) is 6.88. The number of halogens is 1. The summed E-state index contributed by atoms with van der Waals surface area (Å²) >= 11 is 6.88. The van der Waals surface area contributed by atoms with Crippen molar-refractivity contribution in [2.45, 2.75) is 26.4 Å². The Morgan fingerprint density at radius 1 is 1.25 bits per heavy atom. The zero-order valence-electron chi connectivity index (χ0n) is 13.7. The molecule has 0 saturated heterocycles. The molecule has 0 spiro atoms. The van der Waals surface area contributed by atoms with Gasteiger partial charge < -0.3 is 9.47 Å². The standard InChI is InChI=1S/C16H17ClN2O4S/c1-9-12(13(20)22-4)24-15(18-9)19-14(21)16(2,3)23-11-7-5-10(17)6-8-11/h5-8H,1-4H3,(H,18,19,21). The van der Waals surface area contributed by atoms with E-state index in [0.29, 0.717) is 26.5 Å². The van der Waals surface area contributed by atoms with Crippen LogP contribution in [0.5, 0.6) is 5.75 Å². The maximum absolute atomic E-state index is 12.5. The van der Waals surface area contributed by atoms with Crippen LogP contribution in [-0.2, 0) is 9.53 Å². The number of esters is 1. The minimum Gasteiger partial charge on any atom is -0.478 e. The van der Waals surface area contributed by atoms with E-state index in [1.807, 2.05) is 0 Å². The molecule has 2 aromatic rings. The number of benzene rings is 1. The molecule has 0 bridgehead atoms. The molecule has 128 valence electrons. The molecule has 0 atom stereocenters. The van der Waals surface area contributed by atoms with Crippen molar-refractivity contribution in [3.63, 3.8) is 0 Å². The Kier molecular flexibility index (Phi) is 5.46. The molecule has 1 N–H and O–H groups in total. The molecule has 24 heavy (non-hydrogen) atoms. The average Bonchev–Trinajstić information content (AvgIpc) is 2.89. The lowest BCUT2D eigenvalue weighted by Gasteiger charge is -2.24. The SMILES string of the molecule is COC(=O)c1sc(NC(=O)C(C)(C)Oc2ccc(Cl)cc2)nc1C. The molecule has 1 aromatic carbocycles. The van der Waals surface area contributed by atoms with Gasteiger partial charge in [-0.05, 0) is 45.0 Å². The Morgan fingerprint density at radius 2 is 1.88 bits per heavy atom. The fourth-order valence-electron chi connectivity index (χ4n) is 1.82. The fourth-order valence-corrected chi connectivity index (χ4v) is 2.83. The van der Waals surface area contributed by atoms with E-state index in [0.717, 1.165) is 11.3 Å². The minimum absolute atomic E-state index is 0.311. The number of nitrogens with one attached hydrogen (secondary N) is 1. The Bertz CT molecular complexity index is 756. The predicted octanol–water partition coefficient (Wildman–Crippen LogP) is 3.69. The number of carbonyl (C=O) groups is 2. The molecular weight excluding hydrogens is 352 g/mol. The Morgan fingerprint density at radius 3 is 2.46 bits per heavy atom. The van der Waals surface area contributed by atoms with Gasteiger partial charge in [-0.25, -0.2) is 9.78 Å².